The summed E-state index contributed by atoms with van der Waals surface area (Å²) < 4.78 is 0. The zero-order chi connectivity index (χ0) is 11.4. The molecule has 0 fully saturated rings. The van der Waals surface area contributed by atoms with E-state index in [1.165, 1.54) is 39.2 Å². The highest BCUT2D eigenvalue weighted by atomic mass is 16.4. The fraction of sp³-hybridized carbons (Fsp3) is 0.727. The van der Waals surface area contributed by atoms with Crippen molar-refractivity contribution < 1.29 is 9.90 Å². The number of nitrogens with one attached hydrogen (secondary N) is 1. The van der Waals surface area contributed by atoms with Crippen LogP contribution in [0.3, 0.4) is 0 Å². The molecule has 0 aliphatic heterocycles. The van der Waals surface area contributed by atoms with Crippen molar-refractivity contribution in [2.75, 3.05) is 13.6 Å². The largest absolute Gasteiger partial charge is 0.478 e. The summed E-state index contributed by atoms with van der Waals surface area (Å²) in [4.78, 5) is 9.60. The smallest absolute Gasteiger partial charge is 0.330 e. The minimum Gasteiger partial charge on any atom is -0.478 e. The molecule has 2 N–H and O–H groups in total. The lowest BCUT2D eigenvalue weighted by atomic mass is 10.2. The molecule has 0 atom stereocenters. The van der Waals surface area contributed by atoms with Crippen molar-refractivity contribution in [3.8, 4) is 0 Å². The van der Waals surface area contributed by atoms with Gasteiger partial charge in [-0.2, -0.15) is 0 Å². The normalized spacial score (nSPS) is 8.79. The Labute approximate surface area is 87.2 Å². The zero-order valence-corrected chi connectivity index (χ0v) is 9.60. The third-order valence-electron chi connectivity index (χ3n) is 1.65. The van der Waals surface area contributed by atoms with Gasteiger partial charge >= 0.3 is 5.97 Å². The van der Waals surface area contributed by atoms with Crippen molar-refractivity contribution in [1.82, 2.24) is 5.32 Å². The minimum absolute atomic E-state index is 0.176. The Morgan fingerprint density at radius 2 is 1.86 bits per heavy atom. The molecule has 0 radical (unpaired) electrons. The molecule has 0 aromatic carbocycles. The van der Waals surface area contributed by atoms with Gasteiger partial charge in [0.25, 0.3) is 0 Å². The highest BCUT2D eigenvalue weighted by Crippen LogP contribution is 1.96. The van der Waals surface area contributed by atoms with Gasteiger partial charge < -0.3 is 10.4 Å². The molecule has 0 aliphatic rings. The van der Waals surface area contributed by atoms with Crippen LogP contribution in [0.1, 0.15) is 39.5 Å². The predicted octanol–water partition coefficient (Wildman–Crippen LogP) is 2.43. The van der Waals surface area contributed by atoms with Crippen LogP contribution in [0.15, 0.2) is 12.2 Å². The Bertz CT molecular complexity index is 137. The summed E-state index contributed by atoms with van der Waals surface area (Å²) in [5, 5.41) is 11.0. The van der Waals surface area contributed by atoms with Crippen molar-refractivity contribution in [2.24, 2.45) is 0 Å². The van der Waals surface area contributed by atoms with Crippen LogP contribution in [0.5, 0.6) is 0 Å². The zero-order valence-electron chi connectivity index (χ0n) is 9.60. The molecule has 0 aromatic heterocycles. The van der Waals surface area contributed by atoms with Gasteiger partial charge in [-0.1, -0.05) is 32.8 Å². The standard InChI is InChI=1S/C7H17N.C4H6O2/c1-3-4-5-6-7-8-2;1-3(2)4(5)6/h8H,3-7H2,1-2H3;1H2,2H3,(H,5,6). The summed E-state index contributed by atoms with van der Waals surface area (Å²) >= 11 is 0. The van der Waals surface area contributed by atoms with E-state index in [1.54, 1.807) is 0 Å². The molecule has 0 bridgehead atoms. The van der Waals surface area contributed by atoms with Crippen LogP contribution in [0, 0.1) is 0 Å². The second-order valence-electron chi connectivity index (χ2n) is 3.25. The van der Waals surface area contributed by atoms with Crippen LogP contribution < -0.4 is 5.32 Å². The molecule has 14 heavy (non-hydrogen) atoms. The van der Waals surface area contributed by atoms with Crippen LogP contribution in [0.25, 0.3) is 0 Å². The van der Waals surface area contributed by atoms with E-state index in [-0.39, 0.29) is 5.57 Å². The molecule has 0 saturated heterocycles. The number of carbonyl (C=O) groups is 1. The quantitative estimate of drug-likeness (QED) is 0.512. The van der Waals surface area contributed by atoms with Gasteiger partial charge in [0.1, 0.15) is 0 Å². The Balaban J connectivity index is 0. The molecular weight excluding hydrogens is 178 g/mol. The van der Waals surface area contributed by atoms with Gasteiger partial charge in [0.15, 0.2) is 0 Å². The highest BCUT2D eigenvalue weighted by Gasteiger charge is 1.90. The number of carboxylic acids is 1. The first-order valence-corrected chi connectivity index (χ1v) is 5.09. The number of unbranched alkanes of at least 4 members (excludes halogenated alkanes) is 3. The third-order valence-corrected chi connectivity index (χ3v) is 1.65. The van der Waals surface area contributed by atoms with Crippen LogP contribution in [-0.2, 0) is 4.79 Å². The molecule has 3 heteroatoms. The molecule has 0 heterocycles. The second kappa shape index (κ2) is 12.2. The highest BCUT2D eigenvalue weighted by molar-refractivity contribution is 5.84. The van der Waals surface area contributed by atoms with Crippen molar-refractivity contribution in [3.05, 3.63) is 12.2 Å². The summed E-state index contributed by atoms with van der Waals surface area (Å²) in [6, 6.07) is 0. The lowest BCUT2D eigenvalue weighted by Crippen LogP contribution is -2.06. The van der Waals surface area contributed by atoms with E-state index in [0.29, 0.717) is 0 Å². The van der Waals surface area contributed by atoms with Gasteiger partial charge in [0.2, 0.25) is 0 Å². The van der Waals surface area contributed by atoms with Crippen LogP contribution in [-0.4, -0.2) is 24.7 Å². The molecule has 0 aromatic rings. The van der Waals surface area contributed by atoms with Crippen molar-refractivity contribution in [3.63, 3.8) is 0 Å². The molecule has 84 valence electrons. The Hall–Kier alpha value is -0.830. The van der Waals surface area contributed by atoms with E-state index in [9.17, 15) is 4.79 Å². The van der Waals surface area contributed by atoms with Gasteiger partial charge in [-0.25, -0.2) is 4.79 Å². The van der Waals surface area contributed by atoms with Crippen molar-refractivity contribution in [1.29, 1.82) is 0 Å². The topological polar surface area (TPSA) is 49.3 Å². The van der Waals surface area contributed by atoms with E-state index >= 15 is 0 Å². The first kappa shape index (κ1) is 15.6. The molecule has 3 nitrogen and oxygen atoms in total. The van der Waals surface area contributed by atoms with E-state index in [0.717, 1.165) is 0 Å². The third kappa shape index (κ3) is 17.3. The average molecular weight is 201 g/mol. The number of carboxylic acid groups (broad SMARTS) is 1. The monoisotopic (exact) mass is 201 g/mol. The van der Waals surface area contributed by atoms with Gasteiger partial charge in [-0.3, -0.25) is 0 Å². The van der Waals surface area contributed by atoms with E-state index in [2.05, 4.69) is 18.8 Å². The summed E-state index contributed by atoms with van der Waals surface area (Å²) in [6.07, 6.45) is 5.45. The van der Waals surface area contributed by atoms with Gasteiger partial charge in [-0.05, 0) is 26.9 Å². The van der Waals surface area contributed by atoms with Gasteiger partial charge in [-0.15, -0.1) is 0 Å². The maximum Gasteiger partial charge on any atom is 0.330 e. The summed E-state index contributed by atoms with van der Waals surface area (Å²) in [6.45, 7) is 8.02. The number of rotatable bonds is 6. The Morgan fingerprint density at radius 3 is 2.14 bits per heavy atom. The van der Waals surface area contributed by atoms with Crippen molar-refractivity contribution in [2.45, 2.75) is 39.5 Å². The summed E-state index contributed by atoms with van der Waals surface area (Å²) in [5.74, 6) is -0.935. The maximum atomic E-state index is 9.60. The lowest BCUT2D eigenvalue weighted by molar-refractivity contribution is -0.132. The first-order chi connectivity index (χ1) is 6.56. The molecular formula is C11H23NO2. The fourth-order valence-corrected chi connectivity index (χ4v) is 0.729. The van der Waals surface area contributed by atoms with Gasteiger partial charge in [0.05, 0.1) is 0 Å². The Morgan fingerprint density at radius 1 is 1.36 bits per heavy atom. The van der Waals surface area contributed by atoms with E-state index in [4.69, 9.17) is 5.11 Å². The van der Waals surface area contributed by atoms with Crippen molar-refractivity contribution >= 4 is 5.97 Å². The van der Waals surface area contributed by atoms with Crippen LogP contribution in [0.4, 0.5) is 0 Å². The molecule has 0 amide bonds. The molecule has 0 rings (SSSR count). The second-order valence-corrected chi connectivity index (χ2v) is 3.25. The maximum absolute atomic E-state index is 9.60. The molecule has 0 saturated carbocycles. The average Bonchev–Trinajstić information content (AvgIpc) is 2.13. The summed E-state index contributed by atoms with van der Waals surface area (Å²) in [7, 11) is 2.01. The number of hydrogen-bond acceptors (Lipinski definition) is 2. The molecule has 0 spiro atoms. The fourth-order valence-electron chi connectivity index (χ4n) is 0.729. The van der Waals surface area contributed by atoms with Crippen LogP contribution in [0.2, 0.25) is 0 Å². The number of hydrogen-bond donors (Lipinski definition) is 2. The number of aliphatic carboxylic acids is 1. The van der Waals surface area contributed by atoms with E-state index in [1.807, 2.05) is 7.05 Å². The Kier molecular flexibility index (Phi) is 13.6. The summed E-state index contributed by atoms with van der Waals surface area (Å²) in [5.41, 5.74) is 0.176. The SMILES string of the molecule is C=C(C)C(=O)O.CCCCCCNC. The molecule has 0 aliphatic carbocycles. The lowest BCUT2D eigenvalue weighted by Gasteiger charge is -1.95. The van der Waals surface area contributed by atoms with E-state index < -0.39 is 5.97 Å². The minimum atomic E-state index is -0.935. The first-order valence-electron chi connectivity index (χ1n) is 5.09. The molecule has 0 unspecified atom stereocenters. The van der Waals surface area contributed by atoms with Gasteiger partial charge in [0, 0.05) is 5.57 Å². The van der Waals surface area contributed by atoms with Crippen LogP contribution >= 0.6 is 0 Å². The predicted molar refractivity (Wildman–Crippen MR) is 60.5 cm³/mol.